The summed E-state index contributed by atoms with van der Waals surface area (Å²) in [5.74, 6) is 0.148. The molecule has 3 aromatic carbocycles. The molecule has 0 saturated heterocycles. The van der Waals surface area contributed by atoms with Crippen LogP contribution in [-0.2, 0) is 11.3 Å². The number of rotatable bonds is 5. The molecule has 0 N–H and O–H groups in total. The number of amides is 2. The van der Waals surface area contributed by atoms with E-state index in [1.807, 2.05) is 84.9 Å². The van der Waals surface area contributed by atoms with Gasteiger partial charge in [-0.05, 0) is 41.0 Å². The summed E-state index contributed by atoms with van der Waals surface area (Å²) in [5.41, 5.74) is 3.60. The minimum atomic E-state index is -0.299. The van der Waals surface area contributed by atoms with Gasteiger partial charge in [0.15, 0.2) is 0 Å². The van der Waals surface area contributed by atoms with Gasteiger partial charge in [-0.25, -0.2) is 0 Å². The predicted octanol–water partition coefficient (Wildman–Crippen LogP) is 4.97. The van der Waals surface area contributed by atoms with Crippen molar-refractivity contribution in [3.8, 4) is 5.75 Å². The highest BCUT2D eigenvalue weighted by molar-refractivity contribution is 6.31. The Morgan fingerprint density at radius 2 is 1.47 bits per heavy atom. The van der Waals surface area contributed by atoms with E-state index in [1.54, 1.807) is 19.3 Å². The van der Waals surface area contributed by atoms with Crippen molar-refractivity contribution >= 4 is 23.5 Å². The predicted molar refractivity (Wildman–Crippen MR) is 118 cm³/mol. The van der Waals surface area contributed by atoms with Crippen molar-refractivity contribution in [1.82, 2.24) is 4.90 Å². The minimum absolute atomic E-state index is 0.204. The molecule has 4 nitrogen and oxygen atoms in total. The van der Waals surface area contributed by atoms with Crippen LogP contribution in [0, 0.1) is 0 Å². The zero-order chi connectivity index (χ0) is 20.9. The van der Waals surface area contributed by atoms with Crippen molar-refractivity contribution < 1.29 is 14.3 Å². The normalized spacial score (nSPS) is 15.0. The first-order valence-corrected chi connectivity index (χ1v) is 9.69. The molecule has 0 fully saturated rings. The van der Waals surface area contributed by atoms with Crippen LogP contribution in [0.5, 0.6) is 5.75 Å². The van der Waals surface area contributed by atoms with E-state index in [-0.39, 0.29) is 18.4 Å². The fourth-order valence-corrected chi connectivity index (χ4v) is 3.44. The molecule has 4 heteroatoms. The van der Waals surface area contributed by atoms with Gasteiger partial charge in [-0.2, -0.15) is 0 Å². The standard InChI is InChI=1S/C26H21NO3/c1-30-21-16-14-20(15-17-21)18-27-25(28)23-12-6-5-11-22(23)24(26(27)29)13-7-10-19-8-3-2-4-9-19/h2-17H,18H2,1H3/b10-7+,24-13-. The van der Waals surface area contributed by atoms with Gasteiger partial charge < -0.3 is 4.74 Å². The molecular weight excluding hydrogens is 374 g/mol. The van der Waals surface area contributed by atoms with Gasteiger partial charge in [-0.3, -0.25) is 14.5 Å². The smallest absolute Gasteiger partial charge is 0.261 e. The molecule has 0 saturated carbocycles. The second-order valence-corrected chi connectivity index (χ2v) is 6.94. The van der Waals surface area contributed by atoms with Crippen LogP contribution in [0.2, 0.25) is 0 Å². The molecular formula is C26H21NO3. The van der Waals surface area contributed by atoms with Crippen LogP contribution in [-0.4, -0.2) is 23.8 Å². The lowest BCUT2D eigenvalue weighted by Crippen LogP contribution is -2.41. The maximum Gasteiger partial charge on any atom is 0.261 e. The van der Waals surface area contributed by atoms with E-state index in [2.05, 4.69) is 0 Å². The van der Waals surface area contributed by atoms with E-state index >= 15 is 0 Å². The van der Waals surface area contributed by atoms with Gasteiger partial charge in [0.25, 0.3) is 11.8 Å². The molecule has 1 aliphatic heterocycles. The Kier molecular flexibility index (Phi) is 5.57. The van der Waals surface area contributed by atoms with E-state index in [4.69, 9.17) is 4.74 Å². The second-order valence-electron chi connectivity index (χ2n) is 6.94. The topological polar surface area (TPSA) is 46.6 Å². The number of allylic oxidation sites excluding steroid dienone is 2. The van der Waals surface area contributed by atoms with Crippen LogP contribution < -0.4 is 4.74 Å². The molecule has 4 rings (SSSR count). The molecule has 0 unspecified atom stereocenters. The molecule has 2 amide bonds. The fourth-order valence-electron chi connectivity index (χ4n) is 3.44. The molecule has 30 heavy (non-hydrogen) atoms. The quantitative estimate of drug-likeness (QED) is 0.452. The highest BCUT2D eigenvalue weighted by Gasteiger charge is 2.34. The number of benzene rings is 3. The molecule has 0 aromatic heterocycles. The lowest BCUT2D eigenvalue weighted by Gasteiger charge is -2.28. The molecule has 0 bridgehead atoms. The number of hydrogen-bond donors (Lipinski definition) is 0. The van der Waals surface area contributed by atoms with E-state index < -0.39 is 0 Å². The summed E-state index contributed by atoms with van der Waals surface area (Å²) in [6.07, 6.45) is 5.56. The summed E-state index contributed by atoms with van der Waals surface area (Å²) >= 11 is 0. The summed E-state index contributed by atoms with van der Waals surface area (Å²) in [6.45, 7) is 0.204. The molecule has 1 aliphatic rings. The van der Waals surface area contributed by atoms with Crippen molar-refractivity contribution in [3.63, 3.8) is 0 Å². The molecule has 1 heterocycles. The van der Waals surface area contributed by atoms with Crippen molar-refractivity contribution in [2.45, 2.75) is 6.54 Å². The molecule has 148 valence electrons. The van der Waals surface area contributed by atoms with Crippen molar-refractivity contribution in [2.24, 2.45) is 0 Å². The molecule has 0 atom stereocenters. The maximum absolute atomic E-state index is 13.2. The first kappa shape index (κ1) is 19.4. The van der Waals surface area contributed by atoms with Crippen LogP contribution in [0.1, 0.15) is 27.0 Å². The van der Waals surface area contributed by atoms with Crippen LogP contribution >= 0.6 is 0 Å². The number of ether oxygens (including phenoxy) is 1. The van der Waals surface area contributed by atoms with Crippen molar-refractivity contribution in [3.05, 3.63) is 113 Å². The first-order chi connectivity index (χ1) is 14.7. The van der Waals surface area contributed by atoms with E-state index in [1.165, 1.54) is 4.90 Å². The summed E-state index contributed by atoms with van der Waals surface area (Å²) in [7, 11) is 1.60. The second kappa shape index (κ2) is 8.62. The SMILES string of the molecule is COc1ccc(CN2C(=O)/C(=C\C=C\c3ccccc3)c3ccccc3C2=O)cc1. The zero-order valence-electron chi connectivity index (χ0n) is 16.6. The Labute approximate surface area is 175 Å². The number of carbonyl (C=O) groups excluding carboxylic acids is 2. The Morgan fingerprint density at radius 3 is 2.17 bits per heavy atom. The zero-order valence-corrected chi connectivity index (χ0v) is 16.6. The van der Waals surface area contributed by atoms with Crippen LogP contribution in [0.25, 0.3) is 11.6 Å². The summed E-state index contributed by atoms with van der Waals surface area (Å²) in [5, 5.41) is 0. The van der Waals surface area contributed by atoms with Gasteiger partial charge in [0.1, 0.15) is 5.75 Å². The molecule has 3 aromatic rings. The highest BCUT2D eigenvalue weighted by Crippen LogP contribution is 2.30. The van der Waals surface area contributed by atoms with Gasteiger partial charge >= 0.3 is 0 Å². The summed E-state index contributed by atoms with van der Waals surface area (Å²) in [6, 6.07) is 24.5. The van der Waals surface area contributed by atoms with Gasteiger partial charge in [0.2, 0.25) is 0 Å². The minimum Gasteiger partial charge on any atom is -0.497 e. The Bertz CT molecular complexity index is 1130. The van der Waals surface area contributed by atoms with Crippen LogP contribution in [0.4, 0.5) is 0 Å². The number of nitrogens with zero attached hydrogens (tertiary/aromatic N) is 1. The average molecular weight is 395 g/mol. The number of hydrogen-bond acceptors (Lipinski definition) is 3. The van der Waals surface area contributed by atoms with Crippen LogP contribution in [0.15, 0.2) is 91.0 Å². The van der Waals surface area contributed by atoms with Gasteiger partial charge in [0.05, 0.1) is 13.7 Å². The van der Waals surface area contributed by atoms with E-state index in [0.29, 0.717) is 16.7 Å². The number of methoxy groups -OCH3 is 1. The van der Waals surface area contributed by atoms with E-state index in [9.17, 15) is 9.59 Å². The Hall–Kier alpha value is -3.92. The molecule has 0 radical (unpaired) electrons. The Balaban J connectivity index is 1.68. The van der Waals surface area contributed by atoms with E-state index in [0.717, 1.165) is 16.9 Å². The van der Waals surface area contributed by atoms with Gasteiger partial charge in [-0.1, -0.05) is 72.8 Å². The molecule has 0 aliphatic carbocycles. The first-order valence-electron chi connectivity index (χ1n) is 9.69. The maximum atomic E-state index is 13.2. The summed E-state index contributed by atoms with van der Waals surface area (Å²) < 4.78 is 5.18. The average Bonchev–Trinajstić information content (AvgIpc) is 2.80. The third-order valence-corrected chi connectivity index (χ3v) is 5.02. The highest BCUT2D eigenvalue weighted by atomic mass is 16.5. The number of fused-ring (bicyclic) bond motifs is 1. The van der Waals surface area contributed by atoms with Gasteiger partial charge in [-0.15, -0.1) is 0 Å². The third-order valence-electron chi connectivity index (χ3n) is 5.02. The summed E-state index contributed by atoms with van der Waals surface area (Å²) in [4.78, 5) is 27.6. The van der Waals surface area contributed by atoms with Crippen molar-refractivity contribution in [1.29, 1.82) is 0 Å². The molecule has 0 spiro atoms. The van der Waals surface area contributed by atoms with Crippen molar-refractivity contribution in [2.75, 3.05) is 7.11 Å². The fraction of sp³-hybridized carbons (Fsp3) is 0.0769. The van der Waals surface area contributed by atoms with Gasteiger partial charge in [0, 0.05) is 11.1 Å². The number of carbonyl (C=O) groups is 2. The monoisotopic (exact) mass is 395 g/mol. The third kappa shape index (κ3) is 3.94. The number of imide groups is 1. The van der Waals surface area contributed by atoms with Crippen LogP contribution in [0.3, 0.4) is 0 Å². The lowest BCUT2D eigenvalue weighted by atomic mass is 9.92. The largest absolute Gasteiger partial charge is 0.497 e. The Morgan fingerprint density at radius 1 is 0.800 bits per heavy atom. The lowest BCUT2D eigenvalue weighted by molar-refractivity contribution is -0.123.